The summed E-state index contributed by atoms with van der Waals surface area (Å²) >= 11 is 0. The van der Waals surface area contributed by atoms with Crippen molar-refractivity contribution in [3.63, 3.8) is 0 Å². The minimum atomic E-state index is -1.11. The lowest BCUT2D eigenvalue weighted by atomic mass is 10.1. The first-order valence-corrected chi connectivity index (χ1v) is 6.55. The Balaban J connectivity index is 2.08. The Morgan fingerprint density at radius 3 is 2.45 bits per heavy atom. The quantitative estimate of drug-likeness (QED) is 0.732. The highest BCUT2D eigenvalue weighted by Crippen LogP contribution is 2.15. The number of hydrogen-bond acceptors (Lipinski definition) is 4. The molecule has 0 bridgehead atoms. The number of amides is 1. The van der Waals surface area contributed by atoms with Crippen molar-refractivity contribution >= 4 is 17.6 Å². The molecule has 0 heterocycles. The average Bonchev–Trinajstić information content (AvgIpc) is 2.53. The van der Waals surface area contributed by atoms with Crippen LogP contribution in [-0.2, 0) is 6.54 Å². The molecule has 0 unspecified atom stereocenters. The predicted molar refractivity (Wildman–Crippen MR) is 82.0 cm³/mol. The molecule has 4 N–H and O–H groups in total. The number of nitrogens with two attached hydrogens (primary N) is 1. The van der Waals surface area contributed by atoms with Crippen LogP contribution in [0, 0.1) is 0 Å². The molecule has 22 heavy (non-hydrogen) atoms. The van der Waals surface area contributed by atoms with Gasteiger partial charge in [-0.1, -0.05) is 12.1 Å². The van der Waals surface area contributed by atoms with Crippen molar-refractivity contribution in [1.29, 1.82) is 0 Å². The third kappa shape index (κ3) is 3.54. The number of anilines is 1. The van der Waals surface area contributed by atoms with Gasteiger partial charge in [-0.15, -0.1) is 0 Å². The van der Waals surface area contributed by atoms with E-state index in [1.54, 1.807) is 19.2 Å². The van der Waals surface area contributed by atoms with Gasteiger partial charge in [-0.3, -0.25) is 4.79 Å². The number of nitrogens with one attached hydrogen (secondary N) is 1. The first-order valence-electron chi connectivity index (χ1n) is 6.55. The molecular weight excluding hydrogens is 284 g/mol. The highest BCUT2D eigenvalue weighted by Gasteiger charge is 2.13. The molecule has 0 aliphatic carbocycles. The minimum absolute atomic E-state index is 0.0174. The molecule has 0 saturated heterocycles. The van der Waals surface area contributed by atoms with Gasteiger partial charge in [0.2, 0.25) is 0 Å². The molecule has 0 aromatic heterocycles. The number of hydrogen-bond donors (Lipinski definition) is 3. The highest BCUT2D eigenvalue weighted by molar-refractivity contribution is 6.01. The van der Waals surface area contributed by atoms with E-state index in [2.05, 4.69) is 5.32 Å². The molecule has 6 nitrogen and oxygen atoms in total. The smallest absolute Gasteiger partial charge is 0.335 e. The number of nitrogen functional groups attached to an aromatic ring is 1. The molecule has 0 aliphatic heterocycles. The summed E-state index contributed by atoms with van der Waals surface area (Å²) in [4.78, 5) is 23.1. The monoisotopic (exact) mass is 300 g/mol. The van der Waals surface area contributed by atoms with Crippen LogP contribution in [0.4, 0.5) is 5.69 Å². The zero-order valence-electron chi connectivity index (χ0n) is 12.0. The van der Waals surface area contributed by atoms with Crippen LogP contribution < -0.4 is 15.8 Å². The van der Waals surface area contributed by atoms with Crippen molar-refractivity contribution in [2.24, 2.45) is 0 Å². The van der Waals surface area contributed by atoms with Gasteiger partial charge in [0, 0.05) is 12.2 Å². The molecule has 0 fully saturated rings. The van der Waals surface area contributed by atoms with Gasteiger partial charge in [0.25, 0.3) is 5.91 Å². The van der Waals surface area contributed by atoms with E-state index in [1.807, 2.05) is 12.1 Å². The summed E-state index contributed by atoms with van der Waals surface area (Å²) in [5.41, 5.74) is 7.02. The molecule has 114 valence electrons. The van der Waals surface area contributed by atoms with Gasteiger partial charge >= 0.3 is 5.97 Å². The Hall–Kier alpha value is -3.02. The van der Waals surface area contributed by atoms with Gasteiger partial charge < -0.3 is 20.9 Å². The van der Waals surface area contributed by atoms with Crippen molar-refractivity contribution in [2.45, 2.75) is 6.54 Å². The lowest BCUT2D eigenvalue weighted by Crippen LogP contribution is -2.24. The fourth-order valence-electron chi connectivity index (χ4n) is 1.91. The van der Waals surface area contributed by atoms with Gasteiger partial charge in [0.05, 0.1) is 18.2 Å². The SMILES string of the molecule is COc1ccc(CNC(=O)c2cc(C(=O)O)ccc2N)cc1. The molecule has 0 atom stereocenters. The number of ether oxygens (including phenoxy) is 1. The molecule has 0 aliphatic rings. The Kier molecular flexibility index (Phi) is 4.63. The molecule has 0 saturated carbocycles. The van der Waals surface area contributed by atoms with Crippen molar-refractivity contribution in [3.8, 4) is 5.75 Å². The van der Waals surface area contributed by atoms with Gasteiger partial charge in [-0.25, -0.2) is 4.79 Å². The zero-order valence-corrected chi connectivity index (χ0v) is 12.0. The summed E-state index contributed by atoms with van der Waals surface area (Å²) in [5, 5.41) is 11.7. The second-order valence-corrected chi connectivity index (χ2v) is 4.64. The summed E-state index contributed by atoms with van der Waals surface area (Å²) < 4.78 is 5.06. The third-order valence-corrected chi connectivity index (χ3v) is 3.16. The van der Waals surface area contributed by atoms with Crippen molar-refractivity contribution < 1.29 is 19.4 Å². The Morgan fingerprint density at radius 1 is 1.18 bits per heavy atom. The van der Waals surface area contributed by atoms with Gasteiger partial charge in [0.15, 0.2) is 0 Å². The molecule has 2 rings (SSSR count). The Morgan fingerprint density at radius 2 is 1.86 bits per heavy atom. The second-order valence-electron chi connectivity index (χ2n) is 4.64. The molecule has 2 aromatic carbocycles. The second kappa shape index (κ2) is 6.62. The highest BCUT2D eigenvalue weighted by atomic mass is 16.5. The minimum Gasteiger partial charge on any atom is -0.497 e. The van der Waals surface area contributed by atoms with Crippen molar-refractivity contribution in [1.82, 2.24) is 5.32 Å². The topological polar surface area (TPSA) is 102 Å². The van der Waals surface area contributed by atoms with E-state index in [9.17, 15) is 9.59 Å². The van der Waals surface area contributed by atoms with Crippen molar-refractivity contribution in [3.05, 3.63) is 59.2 Å². The molecule has 0 spiro atoms. The fourth-order valence-corrected chi connectivity index (χ4v) is 1.91. The van der Waals surface area contributed by atoms with E-state index in [0.717, 1.165) is 11.3 Å². The van der Waals surface area contributed by atoms with Gasteiger partial charge in [0.1, 0.15) is 5.75 Å². The average molecular weight is 300 g/mol. The number of aromatic carboxylic acids is 1. The standard InChI is InChI=1S/C16H16N2O4/c1-22-12-5-2-10(3-6-12)9-18-15(19)13-8-11(16(20)21)4-7-14(13)17/h2-8H,9,17H2,1H3,(H,18,19)(H,20,21). The lowest BCUT2D eigenvalue weighted by molar-refractivity contribution is 0.0697. The summed E-state index contributed by atoms with van der Waals surface area (Å²) in [5.74, 6) is -0.797. The molecule has 2 aromatic rings. The number of methoxy groups -OCH3 is 1. The van der Waals surface area contributed by atoms with Crippen LogP contribution in [-0.4, -0.2) is 24.1 Å². The number of carbonyl (C=O) groups is 2. The number of carboxylic acid groups (broad SMARTS) is 1. The van der Waals surface area contributed by atoms with E-state index < -0.39 is 11.9 Å². The summed E-state index contributed by atoms with van der Waals surface area (Å²) in [6.07, 6.45) is 0. The summed E-state index contributed by atoms with van der Waals surface area (Å²) in [6.45, 7) is 0.305. The number of carboxylic acids is 1. The molecule has 6 heteroatoms. The summed E-state index contributed by atoms with van der Waals surface area (Å²) in [6, 6.07) is 11.3. The van der Waals surface area contributed by atoms with Crippen LogP contribution in [0.15, 0.2) is 42.5 Å². The first-order chi connectivity index (χ1) is 10.5. The molecule has 0 radical (unpaired) electrons. The van der Waals surface area contributed by atoms with E-state index in [1.165, 1.54) is 18.2 Å². The van der Waals surface area contributed by atoms with Gasteiger partial charge in [-0.2, -0.15) is 0 Å². The van der Waals surface area contributed by atoms with Crippen molar-refractivity contribution in [2.75, 3.05) is 12.8 Å². The van der Waals surface area contributed by atoms with Crippen LogP contribution in [0.2, 0.25) is 0 Å². The van der Waals surface area contributed by atoms with Gasteiger partial charge in [-0.05, 0) is 35.9 Å². The fraction of sp³-hybridized carbons (Fsp3) is 0.125. The summed E-state index contributed by atoms with van der Waals surface area (Å²) in [7, 11) is 1.58. The largest absolute Gasteiger partial charge is 0.497 e. The van der Waals surface area contributed by atoms with Crippen LogP contribution in [0.5, 0.6) is 5.75 Å². The maximum absolute atomic E-state index is 12.1. The number of carbonyl (C=O) groups excluding carboxylic acids is 1. The van der Waals surface area contributed by atoms with E-state index >= 15 is 0 Å². The maximum atomic E-state index is 12.1. The van der Waals surface area contributed by atoms with Crippen LogP contribution in [0.25, 0.3) is 0 Å². The van der Waals surface area contributed by atoms with E-state index in [0.29, 0.717) is 6.54 Å². The van der Waals surface area contributed by atoms with E-state index in [-0.39, 0.29) is 16.8 Å². The predicted octanol–water partition coefficient (Wildman–Crippen LogP) is 1.91. The molecule has 1 amide bonds. The Labute approximate surface area is 127 Å². The first kappa shape index (κ1) is 15.4. The third-order valence-electron chi connectivity index (χ3n) is 3.16. The van der Waals surface area contributed by atoms with Crippen LogP contribution in [0.1, 0.15) is 26.3 Å². The maximum Gasteiger partial charge on any atom is 0.335 e. The van der Waals surface area contributed by atoms with Crippen LogP contribution >= 0.6 is 0 Å². The zero-order chi connectivity index (χ0) is 16.1. The van der Waals surface area contributed by atoms with E-state index in [4.69, 9.17) is 15.6 Å². The molecular formula is C16H16N2O4. The lowest BCUT2D eigenvalue weighted by Gasteiger charge is -2.09. The number of rotatable bonds is 5. The normalized spacial score (nSPS) is 10.0. The number of benzene rings is 2. The Bertz CT molecular complexity index is 696. The van der Waals surface area contributed by atoms with Crippen LogP contribution in [0.3, 0.4) is 0 Å².